The first-order valence-electron chi connectivity index (χ1n) is 5.70. The van der Waals surface area contributed by atoms with Crippen molar-refractivity contribution in [1.82, 2.24) is 5.32 Å². The lowest BCUT2D eigenvalue weighted by atomic mass is 10.1. The summed E-state index contributed by atoms with van der Waals surface area (Å²) in [5.74, 6) is 4.55. The maximum absolute atomic E-state index is 5.25. The quantitative estimate of drug-likeness (QED) is 0.729. The van der Waals surface area contributed by atoms with E-state index in [1.165, 1.54) is 37.3 Å². The third-order valence-electron chi connectivity index (χ3n) is 3.23. The zero-order valence-corrected chi connectivity index (χ0v) is 9.81. The van der Waals surface area contributed by atoms with E-state index in [1.807, 2.05) is 7.11 Å². The lowest BCUT2D eigenvalue weighted by molar-refractivity contribution is 0.155. The lowest BCUT2D eigenvalue weighted by Gasteiger charge is -2.19. The topological polar surface area (TPSA) is 21.3 Å². The molecule has 0 radical (unpaired) electrons. The highest BCUT2D eigenvalue weighted by atomic mass is 32.2. The fourth-order valence-electron chi connectivity index (χ4n) is 2.10. The summed E-state index contributed by atoms with van der Waals surface area (Å²) < 4.78 is 5.25. The summed E-state index contributed by atoms with van der Waals surface area (Å²) in [4.78, 5) is 0. The van der Waals surface area contributed by atoms with Gasteiger partial charge in [0, 0.05) is 13.2 Å². The van der Waals surface area contributed by atoms with Crippen LogP contribution in [0.4, 0.5) is 0 Å². The van der Waals surface area contributed by atoms with E-state index in [2.05, 4.69) is 17.1 Å². The first-order chi connectivity index (χ1) is 6.90. The summed E-state index contributed by atoms with van der Waals surface area (Å²) >= 11 is 2.10. The molecule has 3 heteroatoms. The Morgan fingerprint density at radius 3 is 2.86 bits per heavy atom. The Kier molecular flexibility index (Phi) is 4.14. The van der Waals surface area contributed by atoms with Crippen molar-refractivity contribution in [2.45, 2.75) is 25.3 Å². The van der Waals surface area contributed by atoms with Crippen molar-refractivity contribution in [3.8, 4) is 0 Å². The molecule has 1 aliphatic carbocycles. The minimum atomic E-state index is 0.630. The van der Waals surface area contributed by atoms with Crippen LogP contribution in [0, 0.1) is 11.8 Å². The van der Waals surface area contributed by atoms with E-state index >= 15 is 0 Å². The molecule has 1 saturated carbocycles. The maximum atomic E-state index is 5.25. The SMILES string of the molecule is COCC(NCC1CCSC1)C1CC1. The van der Waals surface area contributed by atoms with Gasteiger partial charge in [0.25, 0.3) is 0 Å². The maximum Gasteiger partial charge on any atom is 0.0618 e. The van der Waals surface area contributed by atoms with Gasteiger partial charge in [-0.2, -0.15) is 11.8 Å². The molecule has 82 valence electrons. The third-order valence-corrected chi connectivity index (χ3v) is 4.46. The summed E-state index contributed by atoms with van der Waals surface area (Å²) in [5.41, 5.74) is 0. The number of hydrogen-bond acceptors (Lipinski definition) is 3. The fourth-order valence-corrected chi connectivity index (χ4v) is 3.39. The predicted octanol–water partition coefficient (Wildman–Crippen LogP) is 1.75. The van der Waals surface area contributed by atoms with E-state index < -0.39 is 0 Å². The van der Waals surface area contributed by atoms with Crippen molar-refractivity contribution in [2.24, 2.45) is 11.8 Å². The lowest BCUT2D eigenvalue weighted by Crippen LogP contribution is -2.38. The van der Waals surface area contributed by atoms with Crippen LogP contribution in [0.25, 0.3) is 0 Å². The molecule has 0 spiro atoms. The van der Waals surface area contributed by atoms with Gasteiger partial charge in [0.05, 0.1) is 6.61 Å². The number of hydrogen-bond donors (Lipinski definition) is 1. The number of methoxy groups -OCH3 is 1. The van der Waals surface area contributed by atoms with Crippen LogP contribution in [-0.4, -0.2) is 37.8 Å². The molecule has 0 aromatic rings. The second kappa shape index (κ2) is 5.38. The molecule has 0 amide bonds. The van der Waals surface area contributed by atoms with Crippen LogP contribution in [0.3, 0.4) is 0 Å². The van der Waals surface area contributed by atoms with Gasteiger partial charge in [0.1, 0.15) is 0 Å². The van der Waals surface area contributed by atoms with Crippen LogP contribution in [0.1, 0.15) is 19.3 Å². The summed E-state index contributed by atoms with van der Waals surface area (Å²) in [5, 5.41) is 3.69. The second-order valence-corrected chi connectivity index (χ2v) is 5.69. The summed E-state index contributed by atoms with van der Waals surface area (Å²) in [7, 11) is 1.81. The number of rotatable bonds is 6. The molecule has 2 fully saturated rings. The Bertz CT molecular complexity index is 167. The average Bonchev–Trinajstić information content (AvgIpc) is 2.90. The number of ether oxygens (including phenoxy) is 1. The summed E-state index contributed by atoms with van der Waals surface area (Å²) in [6, 6.07) is 0.630. The Hall–Kier alpha value is 0.270. The Labute approximate surface area is 91.2 Å². The van der Waals surface area contributed by atoms with Gasteiger partial charge in [-0.1, -0.05) is 0 Å². The van der Waals surface area contributed by atoms with Crippen LogP contribution in [0.5, 0.6) is 0 Å². The molecular formula is C11H21NOS. The van der Waals surface area contributed by atoms with Crippen molar-refractivity contribution in [3.05, 3.63) is 0 Å². The van der Waals surface area contributed by atoms with Crippen LogP contribution in [0.15, 0.2) is 0 Å². The van der Waals surface area contributed by atoms with Crippen LogP contribution >= 0.6 is 11.8 Å². The monoisotopic (exact) mass is 215 g/mol. The van der Waals surface area contributed by atoms with Gasteiger partial charge in [0.2, 0.25) is 0 Å². The molecule has 1 heterocycles. The summed E-state index contributed by atoms with van der Waals surface area (Å²) in [6.45, 7) is 2.10. The first kappa shape index (κ1) is 10.8. The van der Waals surface area contributed by atoms with E-state index in [4.69, 9.17) is 4.74 Å². The molecule has 14 heavy (non-hydrogen) atoms. The van der Waals surface area contributed by atoms with Gasteiger partial charge < -0.3 is 10.1 Å². The molecule has 2 unspecified atom stereocenters. The molecule has 1 N–H and O–H groups in total. The number of nitrogens with one attached hydrogen (secondary N) is 1. The van der Waals surface area contributed by atoms with E-state index in [1.54, 1.807) is 0 Å². The molecule has 1 aliphatic heterocycles. The van der Waals surface area contributed by atoms with Gasteiger partial charge in [0.15, 0.2) is 0 Å². The molecule has 0 aromatic heterocycles. The van der Waals surface area contributed by atoms with E-state index in [0.29, 0.717) is 6.04 Å². The van der Waals surface area contributed by atoms with Gasteiger partial charge in [-0.15, -0.1) is 0 Å². The van der Waals surface area contributed by atoms with E-state index in [0.717, 1.165) is 18.4 Å². The zero-order chi connectivity index (χ0) is 9.80. The highest BCUT2D eigenvalue weighted by Gasteiger charge is 2.31. The van der Waals surface area contributed by atoms with Crippen molar-refractivity contribution < 1.29 is 4.74 Å². The van der Waals surface area contributed by atoms with Crippen molar-refractivity contribution >= 4 is 11.8 Å². The molecule has 2 aliphatic rings. The standard InChI is InChI=1S/C11H21NOS/c1-13-7-11(10-2-3-10)12-6-9-4-5-14-8-9/h9-12H,2-8H2,1H3. The third kappa shape index (κ3) is 3.14. The smallest absolute Gasteiger partial charge is 0.0618 e. The minimum Gasteiger partial charge on any atom is -0.383 e. The molecule has 2 atom stereocenters. The Morgan fingerprint density at radius 2 is 2.29 bits per heavy atom. The Morgan fingerprint density at radius 1 is 1.43 bits per heavy atom. The molecule has 0 aromatic carbocycles. The fraction of sp³-hybridized carbons (Fsp3) is 1.00. The normalized spacial score (nSPS) is 29.4. The largest absolute Gasteiger partial charge is 0.383 e. The van der Waals surface area contributed by atoms with Crippen LogP contribution < -0.4 is 5.32 Å². The van der Waals surface area contributed by atoms with Gasteiger partial charge in [-0.05, 0) is 49.1 Å². The van der Waals surface area contributed by atoms with E-state index in [9.17, 15) is 0 Å². The van der Waals surface area contributed by atoms with Crippen molar-refractivity contribution in [3.63, 3.8) is 0 Å². The summed E-state index contributed by atoms with van der Waals surface area (Å²) in [6.07, 6.45) is 4.21. The highest BCUT2D eigenvalue weighted by molar-refractivity contribution is 7.99. The van der Waals surface area contributed by atoms with E-state index in [-0.39, 0.29) is 0 Å². The minimum absolute atomic E-state index is 0.630. The first-order valence-corrected chi connectivity index (χ1v) is 6.85. The molecule has 2 rings (SSSR count). The predicted molar refractivity (Wildman–Crippen MR) is 61.8 cm³/mol. The van der Waals surface area contributed by atoms with Crippen LogP contribution in [0.2, 0.25) is 0 Å². The van der Waals surface area contributed by atoms with Crippen LogP contribution in [-0.2, 0) is 4.74 Å². The molecular weight excluding hydrogens is 194 g/mol. The molecule has 2 nitrogen and oxygen atoms in total. The molecule has 1 saturated heterocycles. The van der Waals surface area contributed by atoms with Crippen molar-refractivity contribution in [1.29, 1.82) is 0 Å². The number of thioether (sulfide) groups is 1. The molecule has 0 bridgehead atoms. The highest BCUT2D eigenvalue weighted by Crippen LogP contribution is 2.33. The average molecular weight is 215 g/mol. The van der Waals surface area contributed by atoms with Crippen molar-refractivity contribution in [2.75, 3.05) is 31.8 Å². The van der Waals surface area contributed by atoms with Gasteiger partial charge >= 0.3 is 0 Å². The van der Waals surface area contributed by atoms with Gasteiger partial charge in [-0.3, -0.25) is 0 Å². The van der Waals surface area contributed by atoms with Gasteiger partial charge in [-0.25, -0.2) is 0 Å². The second-order valence-electron chi connectivity index (χ2n) is 4.54. The zero-order valence-electron chi connectivity index (χ0n) is 9.00. The Balaban J connectivity index is 1.65.